The molecule has 0 aliphatic carbocycles. The fourth-order valence-corrected chi connectivity index (χ4v) is 1.20. The molecule has 5 heteroatoms. The molecule has 0 radical (unpaired) electrons. The molecule has 82 valence electrons. The van der Waals surface area contributed by atoms with Crippen LogP contribution in [-0.4, -0.2) is 18.6 Å². The third-order valence-electron chi connectivity index (χ3n) is 1.97. The summed E-state index contributed by atoms with van der Waals surface area (Å²) in [5.74, 6) is 0.610. The van der Waals surface area contributed by atoms with Gasteiger partial charge in [0.15, 0.2) is 0 Å². The molecule has 0 aliphatic heterocycles. The van der Waals surface area contributed by atoms with Gasteiger partial charge in [-0.3, -0.25) is 10.1 Å². The molecule has 0 amide bonds. The molecule has 1 aromatic rings. The van der Waals surface area contributed by atoms with Crippen LogP contribution in [0.3, 0.4) is 0 Å². The number of rotatable bonds is 5. The largest absolute Gasteiger partial charge is 0.497 e. The molecule has 0 atom stereocenters. The van der Waals surface area contributed by atoms with Crippen LogP contribution in [0.5, 0.6) is 5.75 Å². The van der Waals surface area contributed by atoms with Crippen molar-refractivity contribution in [3.8, 4) is 5.75 Å². The first-order valence-corrected chi connectivity index (χ1v) is 4.75. The molecule has 0 bridgehead atoms. The Morgan fingerprint density at radius 3 is 2.80 bits per heavy atom. The lowest BCUT2D eigenvalue weighted by Crippen LogP contribution is -2.03. The first kappa shape index (κ1) is 11.3. The zero-order valence-electron chi connectivity index (χ0n) is 8.82. The third kappa shape index (κ3) is 2.83. The molecule has 0 spiro atoms. The highest BCUT2D eigenvalue weighted by molar-refractivity contribution is 5.64. The van der Waals surface area contributed by atoms with E-state index in [1.165, 1.54) is 13.2 Å². The van der Waals surface area contributed by atoms with Gasteiger partial charge in [0.2, 0.25) is 0 Å². The number of hydrogen-bond donors (Lipinski definition) is 1. The number of benzene rings is 1. The van der Waals surface area contributed by atoms with Crippen molar-refractivity contribution in [3.63, 3.8) is 0 Å². The van der Waals surface area contributed by atoms with E-state index in [4.69, 9.17) is 4.74 Å². The number of ether oxygens (including phenoxy) is 1. The summed E-state index contributed by atoms with van der Waals surface area (Å²) in [6.07, 6.45) is 0.911. The highest BCUT2D eigenvalue weighted by Gasteiger charge is 2.13. The van der Waals surface area contributed by atoms with Crippen LogP contribution >= 0.6 is 0 Å². The molecule has 0 saturated heterocycles. The molecule has 1 aromatic carbocycles. The highest BCUT2D eigenvalue weighted by atomic mass is 16.6. The van der Waals surface area contributed by atoms with Gasteiger partial charge < -0.3 is 10.1 Å². The third-order valence-corrected chi connectivity index (χ3v) is 1.97. The van der Waals surface area contributed by atoms with Crippen molar-refractivity contribution in [2.45, 2.75) is 13.3 Å². The monoisotopic (exact) mass is 210 g/mol. The standard InChI is InChI=1S/C10H14N2O3/c1-3-6-11-9-7-8(15-2)4-5-10(9)12(13)14/h4-5,7,11H,3,6H2,1-2H3. The van der Waals surface area contributed by atoms with Gasteiger partial charge in [-0.15, -0.1) is 0 Å². The highest BCUT2D eigenvalue weighted by Crippen LogP contribution is 2.28. The molecule has 5 nitrogen and oxygen atoms in total. The first-order chi connectivity index (χ1) is 7.19. The average Bonchev–Trinajstić information content (AvgIpc) is 2.25. The summed E-state index contributed by atoms with van der Waals surface area (Å²) in [6, 6.07) is 4.65. The van der Waals surface area contributed by atoms with Crippen LogP contribution in [0.1, 0.15) is 13.3 Å². The molecule has 0 saturated carbocycles. The lowest BCUT2D eigenvalue weighted by atomic mass is 10.2. The smallest absolute Gasteiger partial charge is 0.292 e. The van der Waals surface area contributed by atoms with Gasteiger partial charge in [0.25, 0.3) is 5.69 Å². The van der Waals surface area contributed by atoms with Crippen molar-refractivity contribution in [1.29, 1.82) is 0 Å². The Morgan fingerprint density at radius 1 is 1.53 bits per heavy atom. The lowest BCUT2D eigenvalue weighted by Gasteiger charge is -2.07. The van der Waals surface area contributed by atoms with E-state index in [1.807, 2.05) is 6.92 Å². The van der Waals surface area contributed by atoms with E-state index in [1.54, 1.807) is 12.1 Å². The second-order valence-electron chi connectivity index (χ2n) is 3.07. The van der Waals surface area contributed by atoms with E-state index < -0.39 is 4.92 Å². The molecular weight excluding hydrogens is 196 g/mol. The van der Waals surface area contributed by atoms with Crippen LogP contribution in [0.15, 0.2) is 18.2 Å². The van der Waals surface area contributed by atoms with Crippen molar-refractivity contribution in [1.82, 2.24) is 0 Å². The second kappa shape index (κ2) is 5.19. The van der Waals surface area contributed by atoms with E-state index >= 15 is 0 Å². The maximum Gasteiger partial charge on any atom is 0.292 e. The lowest BCUT2D eigenvalue weighted by molar-refractivity contribution is -0.384. The van der Waals surface area contributed by atoms with Crippen molar-refractivity contribution in [2.75, 3.05) is 19.0 Å². The molecule has 15 heavy (non-hydrogen) atoms. The van der Waals surface area contributed by atoms with Gasteiger partial charge in [-0.1, -0.05) is 6.92 Å². The van der Waals surface area contributed by atoms with Gasteiger partial charge in [0.1, 0.15) is 11.4 Å². The Labute approximate surface area is 88.2 Å². The minimum Gasteiger partial charge on any atom is -0.497 e. The van der Waals surface area contributed by atoms with Gasteiger partial charge in [0, 0.05) is 18.7 Å². The normalized spacial score (nSPS) is 9.73. The Kier molecular flexibility index (Phi) is 3.91. The number of nitro groups is 1. The summed E-state index contributed by atoms with van der Waals surface area (Å²) in [7, 11) is 1.53. The number of methoxy groups -OCH3 is 1. The van der Waals surface area contributed by atoms with Crippen molar-refractivity contribution in [2.24, 2.45) is 0 Å². The van der Waals surface area contributed by atoms with Crippen LogP contribution in [0.4, 0.5) is 11.4 Å². The van der Waals surface area contributed by atoms with Crippen LogP contribution in [0.25, 0.3) is 0 Å². The second-order valence-corrected chi connectivity index (χ2v) is 3.07. The number of nitrogens with one attached hydrogen (secondary N) is 1. The molecule has 1 N–H and O–H groups in total. The quantitative estimate of drug-likeness (QED) is 0.598. The number of nitrogens with zero attached hydrogens (tertiary/aromatic N) is 1. The summed E-state index contributed by atoms with van der Waals surface area (Å²) in [4.78, 5) is 10.3. The van der Waals surface area contributed by atoms with Gasteiger partial charge in [-0.25, -0.2) is 0 Å². The van der Waals surface area contributed by atoms with Crippen molar-refractivity contribution in [3.05, 3.63) is 28.3 Å². The van der Waals surface area contributed by atoms with Crippen LogP contribution in [-0.2, 0) is 0 Å². The van der Waals surface area contributed by atoms with E-state index in [-0.39, 0.29) is 5.69 Å². The fraction of sp³-hybridized carbons (Fsp3) is 0.400. The predicted molar refractivity (Wildman–Crippen MR) is 58.4 cm³/mol. The molecule has 0 fully saturated rings. The maximum absolute atomic E-state index is 10.7. The molecular formula is C10H14N2O3. The maximum atomic E-state index is 10.7. The van der Waals surface area contributed by atoms with Gasteiger partial charge in [-0.2, -0.15) is 0 Å². The van der Waals surface area contributed by atoms with Crippen LogP contribution < -0.4 is 10.1 Å². The Morgan fingerprint density at radius 2 is 2.27 bits per heavy atom. The molecule has 0 unspecified atom stereocenters. The van der Waals surface area contributed by atoms with E-state index in [0.717, 1.165) is 6.42 Å². The number of anilines is 1. The van der Waals surface area contributed by atoms with Crippen LogP contribution in [0, 0.1) is 10.1 Å². The predicted octanol–water partition coefficient (Wildman–Crippen LogP) is 2.43. The van der Waals surface area contributed by atoms with Gasteiger partial charge >= 0.3 is 0 Å². The summed E-state index contributed by atoms with van der Waals surface area (Å²) < 4.78 is 5.01. The Bertz CT molecular complexity index is 353. The summed E-state index contributed by atoms with van der Waals surface area (Å²) in [5, 5.41) is 13.7. The summed E-state index contributed by atoms with van der Waals surface area (Å²) >= 11 is 0. The molecule has 0 heterocycles. The van der Waals surface area contributed by atoms with Gasteiger partial charge in [-0.05, 0) is 12.5 Å². The average molecular weight is 210 g/mol. The SMILES string of the molecule is CCCNc1cc(OC)ccc1[N+](=O)[O-]. The molecule has 1 rings (SSSR count). The van der Waals surface area contributed by atoms with Gasteiger partial charge in [0.05, 0.1) is 12.0 Å². The van der Waals surface area contributed by atoms with E-state index in [2.05, 4.69) is 5.32 Å². The zero-order valence-corrected chi connectivity index (χ0v) is 8.82. The minimum atomic E-state index is -0.405. The van der Waals surface area contributed by atoms with Crippen molar-refractivity contribution < 1.29 is 9.66 Å². The zero-order chi connectivity index (χ0) is 11.3. The minimum absolute atomic E-state index is 0.0734. The Hall–Kier alpha value is -1.78. The number of hydrogen-bond acceptors (Lipinski definition) is 4. The van der Waals surface area contributed by atoms with Crippen LogP contribution in [0.2, 0.25) is 0 Å². The summed E-state index contributed by atoms with van der Waals surface area (Å²) in [5.41, 5.74) is 0.574. The molecule has 0 aromatic heterocycles. The van der Waals surface area contributed by atoms with E-state index in [0.29, 0.717) is 18.0 Å². The topological polar surface area (TPSA) is 64.4 Å². The van der Waals surface area contributed by atoms with Crippen molar-refractivity contribution >= 4 is 11.4 Å². The van der Waals surface area contributed by atoms with E-state index in [9.17, 15) is 10.1 Å². The molecule has 0 aliphatic rings. The summed E-state index contributed by atoms with van der Waals surface area (Å²) in [6.45, 7) is 2.70. The fourth-order valence-electron chi connectivity index (χ4n) is 1.20. The Balaban J connectivity index is 2.99. The first-order valence-electron chi connectivity index (χ1n) is 4.75. The number of nitro benzene ring substituents is 1.